The highest BCUT2D eigenvalue weighted by molar-refractivity contribution is 5.78. The molecule has 0 bridgehead atoms. The van der Waals surface area contributed by atoms with Gasteiger partial charge >= 0.3 is 6.01 Å². The van der Waals surface area contributed by atoms with Crippen LogP contribution < -0.4 is 21.1 Å². The highest BCUT2D eigenvalue weighted by Gasteiger charge is 2.14. The topological polar surface area (TPSA) is 120 Å². The first-order chi connectivity index (χ1) is 8.56. The highest BCUT2D eigenvalue weighted by atomic mass is 16.5. The Bertz CT molecular complexity index is 411. The van der Waals surface area contributed by atoms with E-state index < -0.39 is 5.91 Å². The van der Waals surface area contributed by atoms with Crippen molar-refractivity contribution in [1.29, 1.82) is 0 Å². The maximum absolute atomic E-state index is 11.0. The normalized spacial score (nSPS) is 10.1. The van der Waals surface area contributed by atoms with Crippen LogP contribution in [0, 0.1) is 0 Å². The van der Waals surface area contributed by atoms with Crippen molar-refractivity contribution in [3.05, 3.63) is 0 Å². The number of hydrogen-bond donors (Lipinski definition) is 2. The zero-order chi connectivity index (χ0) is 13.5. The van der Waals surface area contributed by atoms with Gasteiger partial charge in [-0.25, -0.2) is 0 Å². The molecule has 0 aliphatic heterocycles. The van der Waals surface area contributed by atoms with Gasteiger partial charge in [0.15, 0.2) is 0 Å². The van der Waals surface area contributed by atoms with E-state index in [1.165, 1.54) is 7.11 Å². The number of primary amides is 1. The van der Waals surface area contributed by atoms with Crippen LogP contribution in [0.15, 0.2) is 0 Å². The second-order valence-corrected chi connectivity index (χ2v) is 3.72. The van der Waals surface area contributed by atoms with E-state index in [1.54, 1.807) is 4.90 Å². The van der Waals surface area contributed by atoms with E-state index in [1.807, 2.05) is 6.92 Å². The molecule has 0 aromatic carbocycles. The Balaban J connectivity index is 2.95. The number of hydrogen-bond acceptors (Lipinski definition) is 7. The predicted molar refractivity (Wildman–Crippen MR) is 67.1 cm³/mol. The minimum atomic E-state index is -0.455. The van der Waals surface area contributed by atoms with Crippen LogP contribution in [0.3, 0.4) is 0 Å². The molecule has 8 nitrogen and oxygen atoms in total. The fraction of sp³-hybridized carbons (Fsp3) is 0.600. The average molecular weight is 254 g/mol. The number of anilines is 2. The number of nitrogens with two attached hydrogens (primary N) is 2. The van der Waals surface area contributed by atoms with Crippen molar-refractivity contribution >= 4 is 17.8 Å². The van der Waals surface area contributed by atoms with Gasteiger partial charge in [-0.1, -0.05) is 13.3 Å². The molecule has 8 heteroatoms. The molecule has 1 aromatic heterocycles. The Kier molecular flexibility index (Phi) is 5.09. The molecule has 0 atom stereocenters. The number of aromatic nitrogens is 3. The largest absolute Gasteiger partial charge is 0.467 e. The van der Waals surface area contributed by atoms with E-state index in [4.69, 9.17) is 16.2 Å². The molecule has 0 saturated heterocycles. The summed E-state index contributed by atoms with van der Waals surface area (Å²) in [6.07, 6.45) is 1.87. The zero-order valence-corrected chi connectivity index (χ0v) is 10.6. The van der Waals surface area contributed by atoms with Gasteiger partial charge in [0, 0.05) is 6.54 Å². The maximum Gasteiger partial charge on any atom is 0.322 e. The van der Waals surface area contributed by atoms with E-state index in [0.717, 1.165) is 12.8 Å². The number of rotatable bonds is 7. The van der Waals surface area contributed by atoms with Gasteiger partial charge in [0.25, 0.3) is 0 Å². The third kappa shape index (κ3) is 4.04. The summed E-state index contributed by atoms with van der Waals surface area (Å²) in [6, 6.07) is 0.114. The first kappa shape index (κ1) is 13.9. The molecule has 18 heavy (non-hydrogen) atoms. The number of ether oxygens (including phenoxy) is 1. The fourth-order valence-electron chi connectivity index (χ4n) is 1.38. The van der Waals surface area contributed by atoms with Crippen LogP contribution in [-0.2, 0) is 4.79 Å². The van der Waals surface area contributed by atoms with Crippen molar-refractivity contribution in [1.82, 2.24) is 15.0 Å². The Morgan fingerprint density at radius 1 is 1.39 bits per heavy atom. The maximum atomic E-state index is 11.0. The SMILES string of the molecule is CCCCN(CC(N)=O)c1nc(N)nc(OC)n1. The second kappa shape index (κ2) is 6.58. The third-order valence-corrected chi connectivity index (χ3v) is 2.21. The summed E-state index contributed by atoms with van der Waals surface area (Å²) in [5.41, 5.74) is 10.7. The number of carbonyl (C=O) groups excluding carboxylic acids is 1. The van der Waals surface area contributed by atoms with Crippen LogP contribution >= 0.6 is 0 Å². The smallest absolute Gasteiger partial charge is 0.322 e. The quantitative estimate of drug-likeness (QED) is 0.676. The first-order valence-electron chi connectivity index (χ1n) is 5.65. The molecule has 0 radical (unpaired) electrons. The van der Waals surface area contributed by atoms with Gasteiger partial charge in [0.1, 0.15) is 0 Å². The molecule has 0 fully saturated rings. The summed E-state index contributed by atoms with van der Waals surface area (Å²) in [4.78, 5) is 24.5. The van der Waals surface area contributed by atoms with Crippen molar-refractivity contribution in [3.63, 3.8) is 0 Å². The Morgan fingerprint density at radius 2 is 2.11 bits per heavy atom. The van der Waals surface area contributed by atoms with Crippen LogP contribution in [0.5, 0.6) is 6.01 Å². The second-order valence-electron chi connectivity index (χ2n) is 3.72. The molecule has 1 amide bonds. The molecule has 100 valence electrons. The van der Waals surface area contributed by atoms with E-state index in [2.05, 4.69) is 15.0 Å². The Hall–Kier alpha value is -2.12. The molecule has 0 unspecified atom stereocenters. The van der Waals surface area contributed by atoms with Gasteiger partial charge < -0.3 is 21.1 Å². The first-order valence-corrected chi connectivity index (χ1v) is 5.65. The predicted octanol–water partition coefficient (Wildman–Crippen LogP) is -0.446. The molecule has 0 spiro atoms. The molecule has 0 aliphatic carbocycles. The number of amides is 1. The highest BCUT2D eigenvalue weighted by Crippen LogP contribution is 2.13. The summed E-state index contributed by atoms with van der Waals surface area (Å²) in [5.74, 6) is -0.113. The Labute approximate surface area is 105 Å². The van der Waals surface area contributed by atoms with Crippen LogP contribution in [0.2, 0.25) is 0 Å². The van der Waals surface area contributed by atoms with E-state index in [0.29, 0.717) is 12.5 Å². The lowest BCUT2D eigenvalue weighted by molar-refractivity contribution is -0.116. The van der Waals surface area contributed by atoms with Crippen LogP contribution in [0.4, 0.5) is 11.9 Å². The van der Waals surface area contributed by atoms with E-state index in [-0.39, 0.29) is 18.5 Å². The molecule has 4 N–H and O–H groups in total. The molecule has 0 aliphatic rings. The lowest BCUT2D eigenvalue weighted by Crippen LogP contribution is -2.36. The van der Waals surface area contributed by atoms with Crippen molar-refractivity contribution in [2.75, 3.05) is 30.8 Å². The van der Waals surface area contributed by atoms with Gasteiger partial charge in [-0.3, -0.25) is 4.79 Å². The van der Waals surface area contributed by atoms with Gasteiger partial charge in [-0.05, 0) is 6.42 Å². The van der Waals surface area contributed by atoms with E-state index in [9.17, 15) is 4.79 Å². The van der Waals surface area contributed by atoms with Crippen molar-refractivity contribution in [2.45, 2.75) is 19.8 Å². The van der Waals surface area contributed by atoms with Gasteiger partial charge in [0.2, 0.25) is 17.8 Å². The number of nitrogen functional groups attached to an aromatic ring is 1. The number of carbonyl (C=O) groups is 1. The van der Waals surface area contributed by atoms with Gasteiger partial charge in [-0.15, -0.1) is 0 Å². The summed E-state index contributed by atoms with van der Waals surface area (Å²) in [6.45, 7) is 2.70. The van der Waals surface area contributed by atoms with Crippen molar-refractivity contribution in [2.24, 2.45) is 5.73 Å². The average Bonchev–Trinajstić information content (AvgIpc) is 2.33. The van der Waals surface area contributed by atoms with Crippen LogP contribution in [0.1, 0.15) is 19.8 Å². The summed E-state index contributed by atoms with van der Waals surface area (Å²) < 4.78 is 4.91. The third-order valence-electron chi connectivity index (χ3n) is 2.21. The number of nitrogens with zero attached hydrogens (tertiary/aromatic N) is 4. The van der Waals surface area contributed by atoms with Gasteiger partial charge in [0.05, 0.1) is 13.7 Å². The van der Waals surface area contributed by atoms with Crippen LogP contribution in [-0.4, -0.2) is 41.1 Å². The summed E-state index contributed by atoms with van der Waals surface area (Å²) in [7, 11) is 1.43. The molecular weight excluding hydrogens is 236 g/mol. The summed E-state index contributed by atoms with van der Waals surface area (Å²) >= 11 is 0. The molecule has 1 heterocycles. The fourth-order valence-corrected chi connectivity index (χ4v) is 1.38. The zero-order valence-electron chi connectivity index (χ0n) is 10.6. The molecular formula is C10H18N6O2. The van der Waals surface area contributed by atoms with Crippen LogP contribution in [0.25, 0.3) is 0 Å². The summed E-state index contributed by atoms with van der Waals surface area (Å²) in [5, 5.41) is 0. The molecule has 1 rings (SSSR count). The minimum Gasteiger partial charge on any atom is -0.467 e. The number of unbranched alkanes of at least 4 members (excludes halogenated alkanes) is 1. The lowest BCUT2D eigenvalue weighted by Gasteiger charge is -2.20. The monoisotopic (exact) mass is 254 g/mol. The van der Waals surface area contributed by atoms with Crippen molar-refractivity contribution < 1.29 is 9.53 Å². The Morgan fingerprint density at radius 3 is 2.67 bits per heavy atom. The number of methoxy groups -OCH3 is 1. The molecule has 1 aromatic rings. The molecule has 0 saturated carbocycles. The minimum absolute atomic E-state index is 0.0343. The van der Waals surface area contributed by atoms with Gasteiger partial charge in [-0.2, -0.15) is 15.0 Å². The van der Waals surface area contributed by atoms with E-state index >= 15 is 0 Å². The van der Waals surface area contributed by atoms with Crippen molar-refractivity contribution in [3.8, 4) is 6.01 Å². The standard InChI is InChI=1S/C10H18N6O2/c1-3-4-5-16(6-7(11)17)9-13-8(12)14-10(15-9)18-2/h3-6H2,1-2H3,(H2,11,17)(H2,12,13,14,15). The lowest BCUT2D eigenvalue weighted by atomic mass is 10.3.